The number of methoxy groups -OCH3 is 4. The molecule has 0 N–H and O–H groups in total. The maximum absolute atomic E-state index is 13.8. The van der Waals surface area contributed by atoms with Gasteiger partial charge in [0.05, 0.1) is 51.3 Å². The van der Waals surface area contributed by atoms with Gasteiger partial charge in [-0.05, 0) is 32.4 Å². The molecule has 0 spiro atoms. The van der Waals surface area contributed by atoms with Crippen LogP contribution in [0.25, 0.3) is 0 Å². The van der Waals surface area contributed by atoms with E-state index in [0.29, 0.717) is 59.0 Å². The summed E-state index contributed by atoms with van der Waals surface area (Å²) in [4.78, 5) is 42.4. The second-order valence-corrected chi connectivity index (χ2v) is 12.2. The SMILES string of the molecule is COc1ccc(CN(C(=O)CSC(=S)N2CCN(C(=O)OC(C)(C)C)CC2)c2cc(OC)c(OC)c(OC)c2)cc1[N+](=O)[O-]. The monoisotopic (exact) mass is 650 g/mol. The second kappa shape index (κ2) is 15.1. The van der Waals surface area contributed by atoms with Crippen LogP contribution in [-0.4, -0.2) is 97.0 Å². The van der Waals surface area contributed by atoms with Crippen molar-refractivity contribution in [1.82, 2.24) is 9.80 Å². The summed E-state index contributed by atoms with van der Waals surface area (Å²) in [6.45, 7) is 7.36. The third kappa shape index (κ3) is 8.78. The highest BCUT2D eigenvalue weighted by Crippen LogP contribution is 2.41. The molecular weight excluding hydrogens is 612 g/mol. The van der Waals surface area contributed by atoms with E-state index < -0.39 is 10.5 Å². The number of hydrogen-bond donors (Lipinski definition) is 0. The summed E-state index contributed by atoms with van der Waals surface area (Å²) in [5, 5.41) is 11.7. The Morgan fingerprint density at radius 1 is 0.932 bits per heavy atom. The smallest absolute Gasteiger partial charge is 0.410 e. The maximum Gasteiger partial charge on any atom is 0.410 e. The van der Waals surface area contributed by atoms with Crippen molar-refractivity contribution < 1.29 is 38.2 Å². The Morgan fingerprint density at radius 3 is 2.00 bits per heavy atom. The molecule has 1 aliphatic rings. The van der Waals surface area contributed by atoms with E-state index >= 15 is 0 Å². The number of nitro groups is 1. The van der Waals surface area contributed by atoms with Gasteiger partial charge in [0.15, 0.2) is 17.2 Å². The standard InChI is InChI=1S/C29H38N4O9S2/c1-29(2,3)42-27(35)30-10-12-31(13-11-30)28(43)44-18-25(34)32(17-19-8-9-22(38-4)21(14-19)33(36)37)20-15-23(39-5)26(41-7)24(16-20)40-6/h8-9,14-16H,10-13,17-18H2,1-7H3. The molecule has 44 heavy (non-hydrogen) atoms. The van der Waals surface area contributed by atoms with Crippen LogP contribution in [-0.2, 0) is 16.1 Å². The Balaban J connectivity index is 1.81. The van der Waals surface area contributed by atoms with Crippen LogP contribution in [0.2, 0.25) is 0 Å². The van der Waals surface area contributed by atoms with Crippen molar-refractivity contribution in [2.75, 3.05) is 65.3 Å². The topological polar surface area (TPSA) is 133 Å². The molecule has 1 heterocycles. The maximum atomic E-state index is 13.8. The number of benzene rings is 2. The molecule has 0 atom stereocenters. The Hall–Kier alpha value is -3.98. The molecule has 240 valence electrons. The van der Waals surface area contributed by atoms with Crippen LogP contribution in [0.15, 0.2) is 30.3 Å². The number of ether oxygens (including phenoxy) is 5. The zero-order valence-electron chi connectivity index (χ0n) is 25.9. The first-order chi connectivity index (χ1) is 20.8. The van der Waals surface area contributed by atoms with Crippen molar-refractivity contribution >= 4 is 51.7 Å². The van der Waals surface area contributed by atoms with Gasteiger partial charge in [0.2, 0.25) is 11.7 Å². The largest absolute Gasteiger partial charge is 0.493 e. The van der Waals surface area contributed by atoms with Gasteiger partial charge in [-0.25, -0.2) is 4.79 Å². The van der Waals surface area contributed by atoms with E-state index in [9.17, 15) is 19.7 Å². The highest BCUT2D eigenvalue weighted by Gasteiger charge is 2.28. The number of anilines is 1. The molecule has 2 aromatic carbocycles. The predicted octanol–water partition coefficient (Wildman–Crippen LogP) is 4.73. The average Bonchev–Trinajstić information content (AvgIpc) is 3.00. The number of thiocarbonyl (C=S) groups is 1. The predicted molar refractivity (Wildman–Crippen MR) is 171 cm³/mol. The van der Waals surface area contributed by atoms with Gasteiger partial charge in [-0.15, -0.1) is 0 Å². The minimum absolute atomic E-state index is 0.00416. The van der Waals surface area contributed by atoms with Crippen LogP contribution in [0.1, 0.15) is 26.3 Å². The molecule has 1 fully saturated rings. The molecule has 3 rings (SSSR count). The van der Waals surface area contributed by atoms with Crippen molar-refractivity contribution in [3.8, 4) is 23.0 Å². The van der Waals surface area contributed by atoms with Crippen molar-refractivity contribution in [2.45, 2.75) is 32.9 Å². The van der Waals surface area contributed by atoms with E-state index in [-0.39, 0.29) is 35.7 Å². The first-order valence-electron chi connectivity index (χ1n) is 13.6. The highest BCUT2D eigenvalue weighted by atomic mass is 32.2. The number of carbonyl (C=O) groups excluding carboxylic acids is 2. The molecule has 15 heteroatoms. The van der Waals surface area contributed by atoms with E-state index in [1.165, 1.54) is 57.2 Å². The second-order valence-electron chi connectivity index (χ2n) is 10.6. The van der Waals surface area contributed by atoms with Gasteiger partial charge >= 0.3 is 11.8 Å². The summed E-state index contributed by atoms with van der Waals surface area (Å²) >= 11 is 6.84. The Morgan fingerprint density at radius 2 is 1.50 bits per heavy atom. The van der Waals surface area contributed by atoms with Crippen molar-refractivity contribution in [3.05, 3.63) is 46.0 Å². The van der Waals surface area contributed by atoms with Gasteiger partial charge in [0, 0.05) is 44.4 Å². The number of hydrogen-bond acceptors (Lipinski definition) is 11. The quantitative estimate of drug-likeness (QED) is 0.200. The van der Waals surface area contributed by atoms with Gasteiger partial charge in [-0.3, -0.25) is 14.9 Å². The van der Waals surface area contributed by atoms with Crippen LogP contribution >= 0.6 is 24.0 Å². The van der Waals surface area contributed by atoms with Gasteiger partial charge in [0.25, 0.3) is 0 Å². The first kappa shape index (κ1) is 34.5. The Kier molecular flexibility index (Phi) is 11.9. The minimum atomic E-state index is -0.583. The van der Waals surface area contributed by atoms with E-state index in [0.717, 1.165) is 0 Å². The average molecular weight is 651 g/mol. The molecule has 0 saturated carbocycles. The molecule has 0 unspecified atom stereocenters. The fourth-order valence-corrected chi connectivity index (χ4v) is 5.52. The number of amides is 2. The minimum Gasteiger partial charge on any atom is -0.493 e. The molecule has 2 aromatic rings. The lowest BCUT2D eigenvalue weighted by Gasteiger charge is -2.36. The van der Waals surface area contributed by atoms with Crippen LogP contribution in [0.5, 0.6) is 23.0 Å². The number of thioether (sulfide) groups is 1. The fourth-order valence-electron chi connectivity index (χ4n) is 4.40. The molecule has 13 nitrogen and oxygen atoms in total. The van der Waals surface area contributed by atoms with Gasteiger partial charge in [-0.2, -0.15) is 0 Å². The van der Waals surface area contributed by atoms with E-state index in [4.69, 9.17) is 35.9 Å². The van der Waals surface area contributed by atoms with Gasteiger partial charge < -0.3 is 38.4 Å². The fraction of sp³-hybridized carbons (Fsp3) is 0.483. The number of rotatable bonds is 10. The first-order valence-corrected chi connectivity index (χ1v) is 15.0. The number of carbonyl (C=O) groups is 2. The molecule has 2 amide bonds. The summed E-state index contributed by atoms with van der Waals surface area (Å²) < 4.78 is 27.5. The molecule has 0 bridgehead atoms. The Labute approximate surface area is 266 Å². The Bertz CT molecular complexity index is 1350. The summed E-state index contributed by atoms with van der Waals surface area (Å²) in [7, 11) is 5.77. The van der Waals surface area contributed by atoms with E-state index in [1.807, 2.05) is 25.7 Å². The lowest BCUT2D eigenvalue weighted by molar-refractivity contribution is -0.385. The summed E-state index contributed by atoms with van der Waals surface area (Å²) in [6, 6.07) is 7.79. The molecule has 0 aliphatic carbocycles. The van der Waals surface area contributed by atoms with Crippen LogP contribution in [0.3, 0.4) is 0 Å². The van der Waals surface area contributed by atoms with Crippen LogP contribution < -0.4 is 23.8 Å². The molecule has 1 aliphatic heterocycles. The zero-order chi connectivity index (χ0) is 32.6. The van der Waals surface area contributed by atoms with E-state index in [1.54, 1.807) is 23.1 Å². The van der Waals surface area contributed by atoms with Crippen LogP contribution in [0, 0.1) is 10.1 Å². The number of nitro benzene ring substituents is 1. The summed E-state index contributed by atoms with van der Waals surface area (Å²) in [5.41, 5.74) is 0.134. The summed E-state index contributed by atoms with van der Waals surface area (Å²) in [5.74, 6) is 0.819. The van der Waals surface area contributed by atoms with Gasteiger partial charge in [-0.1, -0.05) is 30.0 Å². The lowest BCUT2D eigenvalue weighted by atomic mass is 10.1. The lowest BCUT2D eigenvalue weighted by Crippen LogP contribution is -2.51. The molecular formula is C29H38N4O9S2. The zero-order valence-corrected chi connectivity index (χ0v) is 27.5. The summed E-state index contributed by atoms with van der Waals surface area (Å²) in [6.07, 6.45) is -0.370. The third-order valence-corrected chi connectivity index (χ3v) is 8.06. The van der Waals surface area contributed by atoms with E-state index in [2.05, 4.69) is 0 Å². The van der Waals surface area contributed by atoms with Crippen molar-refractivity contribution in [1.29, 1.82) is 0 Å². The van der Waals surface area contributed by atoms with Crippen LogP contribution in [0.4, 0.5) is 16.2 Å². The van der Waals surface area contributed by atoms with Crippen molar-refractivity contribution in [2.24, 2.45) is 0 Å². The molecule has 1 saturated heterocycles. The van der Waals surface area contributed by atoms with Crippen molar-refractivity contribution in [3.63, 3.8) is 0 Å². The normalized spacial score (nSPS) is 13.2. The van der Waals surface area contributed by atoms with Gasteiger partial charge in [0.1, 0.15) is 9.92 Å². The molecule has 0 radical (unpaired) electrons. The number of nitrogens with zero attached hydrogens (tertiary/aromatic N) is 4. The number of piperazine rings is 1. The third-order valence-electron chi connectivity index (χ3n) is 6.55. The molecule has 0 aromatic heterocycles. The highest BCUT2D eigenvalue weighted by molar-refractivity contribution is 8.23.